The van der Waals surface area contributed by atoms with Crippen LogP contribution in [-0.2, 0) is 19.1 Å². The molecule has 1 aromatic rings. The first kappa shape index (κ1) is 27.5. The number of cyclic esters (lactones) is 1. The van der Waals surface area contributed by atoms with Crippen LogP contribution in [0.3, 0.4) is 0 Å². The topological polar surface area (TPSA) is 106 Å². The highest BCUT2D eigenvalue weighted by molar-refractivity contribution is 5.70. The molecule has 1 aliphatic rings. The van der Waals surface area contributed by atoms with Gasteiger partial charge in [-0.25, -0.2) is 0 Å². The van der Waals surface area contributed by atoms with Gasteiger partial charge in [-0.3, -0.25) is 14.6 Å². The minimum atomic E-state index is -1.39. The lowest BCUT2D eigenvalue weighted by atomic mass is 9.88. The van der Waals surface area contributed by atoms with E-state index in [0.29, 0.717) is 0 Å². The molecule has 34 heavy (non-hydrogen) atoms. The molecule has 0 radical (unpaired) electrons. The zero-order valence-electron chi connectivity index (χ0n) is 20.7. The van der Waals surface area contributed by atoms with Crippen LogP contribution >= 0.6 is 0 Å². The van der Waals surface area contributed by atoms with Crippen LogP contribution in [0.2, 0.25) is 0 Å². The fourth-order valence-corrected chi connectivity index (χ4v) is 3.84. The quantitative estimate of drug-likeness (QED) is 0.379. The van der Waals surface area contributed by atoms with E-state index in [0.717, 1.165) is 11.3 Å². The maximum Gasteiger partial charge on any atom is 0.309 e. The maximum atomic E-state index is 12.5. The Morgan fingerprint density at radius 2 is 2.06 bits per heavy atom. The van der Waals surface area contributed by atoms with E-state index >= 15 is 0 Å². The molecular weight excluding hydrogens is 434 g/mol. The first-order valence-electron chi connectivity index (χ1n) is 11.7. The third kappa shape index (κ3) is 8.54. The summed E-state index contributed by atoms with van der Waals surface area (Å²) in [5.74, 6) is -1.18. The van der Waals surface area contributed by atoms with Gasteiger partial charge in [-0.1, -0.05) is 44.2 Å². The number of aliphatic hydroxyl groups is 2. The second-order valence-corrected chi connectivity index (χ2v) is 9.28. The second-order valence-electron chi connectivity index (χ2n) is 9.28. The van der Waals surface area contributed by atoms with Crippen molar-refractivity contribution in [1.29, 1.82) is 0 Å². The van der Waals surface area contributed by atoms with Gasteiger partial charge < -0.3 is 19.7 Å². The van der Waals surface area contributed by atoms with Crippen molar-refractivity contribution < 1.29 is 29.3 Å². The van der Waals surface area contributed by atoms with Gasteiger partial charge in [0.2, 0.25) is 0 Å². The average molecular weight is 472 g/mol. The predicted molar refractivity (Wildman–Crippen MR) is 130 cm³/mol. The van der Waals surface area contributed by atoms with Gasteiger partial charge in [0.05, 0.1) is 12.5 Å². The van der Waals surface area contributed by atoms with Gasteiger partial charge in [-0.2, -0.15) is 0 Å². The molecule has 2 heterocycles. The fourth-order valence-electron chi connectivity index (χ4n) is 3.84. The molecule has 0 fully saturated rings. The number of aliphatic hydroxyl groups excluding tert-OH is 1. The van der Waals surface area contributed by atoms with Gasteiger partial charge >= 0.3 is 11.9 Å². The van der Waals surface area contributed by atoms with Crippen molar-refractivity contribution in [2.24, 2.45) is 5.92 Å². The Bertz CT molecular complexity index is 905. The number of rotatable bonds is 5. The number of pyridine rings is 1. The molecule has 7 nitrogen and oxygen atoms in total. The third-order valence-corrected chi connectivity index (χ3v) is 5.98. The normalized spacial score (nSPS) is 31.1. The number of allylic oxidation sites excluding steroid dienone is 3. The third-order valence-electron chi connectivity index (χ3n) is 5.98. The summed E-state index contributed by atoms with van der Waals surface area (Å²) in [5, 5.41) is 21.2. The zero-order chi connectivity index (χ0) is 25.3. The van der Waals surface area contributed by atoms with Crippen LogP contribution in [0.4, 0.5) is 0 Å². The standard InChI is InChI=1S/C27H37NO6/c1-18(23-11-6-7-16-28-23)9-8-10-19(2)26-20(3)12-13-24(33-21(4)29)27(5,32)15-14-22(30)17-25(31)34-26/h6-13,16,18,20,22,24,26,30,32H,14-15,17H2,1-5H3/b9-8+,13-12-,19-10+/t18-,20-,22-,24-,26+,27-/m0/s1. The summed E-state index contributed by atoms with van der Waals surface area (Å²) in [4.78, 5) is 28.5. The largest absolute Gasteiger partial charge is 0.457 e. The molecule has 0 amide bonds. The summed E-state index contributed by atoms with van der Waals surface area (Å²) in [6.07, 6.45) is 8.68. The second kappa shape index (κ2) is 12.6. The van der Waals surface area contributed by atoms with E-state index in [1.54, 1.807) is 25.3 Å². The lowest BCUT2D eigenvalue weighted by molar-refractivity contribution is -0.157. The number of nitrogens with zero attached hydrogens (tertiary/aromatic N) is 1. The van der Waals surface area contributed by atoms with Crippen LogP contribution in [0, 0.1) is 5.92 Å². The summed E-state index contributed by atoms with van der Waals surface area (Å²) in [6.45, 7) is 8.65. The lowest BCUT2D eigenvalue weighted by Crippen LogP contribution is -2.42. The predicted octanol–water partition coefficient (Wildman–Crippen LogP) is 4.02. The van der Waals surface area contributed by atoms with Crippen LogP contribution in [-0.4, -0.2) is 51.0 Å². The van der Waals surface area contributed by atoms with Crippen molar-refractivity contribution in [2.75, 3.05) is 0 Å². The lowest BCUT2D eigenvalue weighted by Gasteiger charge is -2.32. The molecule has 1 aliphatic heterocycles. The molecule has 0 aromatic carbocycles. The Labute approximate surface area is 202 Å². The number of aromatic nitrogens is 1. The minimum absolute atomic E-state index is 0.114. The molecule has 6 atom stereocenters. The van der Waals surface area contributed by atoms with E-state index < -0.39 is 35.9 Å². The van der Waals surface area contributed by atoms with Crippen LogP contribution in [0.5, 0.6) is 0 Å². The van der Waals surface area contributed by atoms with Crippen molar-refractivity contribution in [1.82, 2.24) is 4.98 Å². The highest BCUT2D eigenvalue weighted by Gasteiger charge is 2.34. The molecule has 186 valence electrons. The van der Waals surface area contributed by atoms with Crippen LogP contribution < -0.4 is 0 Å². The highest BCUT2D eigenvalue weighted by Crippen LogP contribution is 2.27. The number of ether oxygens (including phenoxy) is 2. The van der Waals surface area contributed by atoms with Crippen molar-refractivity contribution in [3.8, 4) is 0 Å². The van der Waals surface area contributed by atoms with Crippen molar-refractivity contribution in [3.05, 3.63) is 66.0 Å². The summed E-state index contributed by atoms with van der Waals surface area (Å²) < 4.78 is 11.1. The molecule has 0 aliphatic carbocycles. The Morgan fingerprint density at radius 3 is 2.71 bits per heavy atom. The van der Waals surface area contributed by atoms with Gasteiger partial charge in [-0.15, -0.1) is 0 Å². The Balaban J connectivity index is 2.29. The summed E-state index contributed by atoms with van der Waals surface area (Å²) >= 11 is 0. The fraction of sp³-hybridized carbons (Fsp3) is 0.519. The van der Waals surface area contributed by atoms with E-state index in [1.165, 1.54) is 6.92 Å². The number of carbonyl (C=O) groups excluding carboxylic acids is 2. The van der Waals surface area contributed by atoms with Crippen molar-refractivity contribution in [2.45, 2.75) is 83.7 Å². The number of hydrogen-bond donors (Lipinski definition) is 2. The molecule has 0 spiro atoms. The summed E-state index contributed by atoms with van der Waals surface area (Å²) in [6, 6.07) is 5.78. The van der Waals surface area contributed by atoms with Gasteiger partial charge in [0.1, 0.15) is 17.8 Å². The van der Waals surface area contributed by atoms with E-state index in [1.807, 2.05) is 57.2 Å². The minimum Gasteiger partial charge on any atom is -0.457 e. The molecule has 0 unspecified atom stereocenters. The number of hydrogen-bond acceptors (Lipinski definition) is 7. The van der Waals surface area contributed by atoms with Gasteiger partial charge in [0.15, 0.2) is 0 Å². The maximum absolute atomic E-state index is 12.5. The van der Waals surface area contributed by atoms with Gasteiger partial charge in [0, 0.05) is 30.7 Å². The van der Waals surface area contributed by atoms with Crippen LogP contribution in [0.15, 0.2) is 60.3 Å². The molecule has 2 rings (SSSR count). The van der Waals surface area contributed by atoms with Crippen LogP contribution in [0.25, 0.3) is 0 Å². The first-order valence-corrected chi connectivity index (χ1v) is 11.7. The Morgan fingerprint density at radius 1 is 1.32 bits per heavy atom. The molecular formula is C27H37NO6. The molecule has 0 saturated heterocycles. The summed E-state index contributed by atoms with van der Waals surface area (Å²) in [7, 11) is 0. The Kier molecular flexibility index (Phi) is 10.2. The molecule has 2 N–H and O–H groups in total. The van der Waals surface area contributed by atoms with Crippen LogP contribution in [0.1, 0.15) is 65.5 Å². The monoisotopic (exact) mass is 471 g/mol. The van der Waals surface area contributed by atoms with Crippen molar-refractivity contribution >= 4 is 11.9 Å². The molecule has 1 aromatic heterocycles. The Hall–Kier alpha value is -2.77. The molecule has 0 bridgehead atoms. The number of carbonyl (C=O) groups is 2. The first-order chi connectivity index (χ1) is 16.0. The average Bonchev–Trinajstić information content (AvgIpc) is 2.78. The molecule has 0 saturated carbocycles. The van der Waals surface area contributed by atoms with E-state index in [9.17, 15) is 19.8 Å². The highest BCUT2D eigenvalue weighted by atomic mass is 16.6. The smallest absolute Gasteiger partial charge is 0.309 e. The SMILES string of the molecule is CC(=O)O[C@H]1/C=C\[C@H](C)[C@@H](/C(C)=C/C=C/[C@H](C)c2ccccn2)OC(=O)C[C@@H](O)CC[C@]1(C)O. The zero-order valence-corrected chi connectivity index (χ0v) is 20.7. The van der Waals surface area contributed by atoms with E-state index in [-0.39, 0.29) is 31.1 Å². The summed E-state index contributed by atoms with van der Waals surface area (Å²) in [5.41, 5.74) is 0.380. The van der Waals surface area contributed by atoms with Gasteiger partial charge in [0.25, 0.3) is 0 Å². The van der Waals surface area contributed by atoms with E-state index in [2.05, 4.69) is 4.98 Å². The number of esters is 2. The molecule has 7 heteroatoms. The van der Waals surface area contributed by atoms with Crippen molar-refractivity contribution in [3.63, 3.8) is 0 Å². The van der Waals surface area contributed by atoms with E-state index in [4.69, 9.17) is 9.47 Å². The van der Waals surface area contributed by atoms with Gasteiger partial charge in [-0.05, 0) is 50.5 Å².